The van der Waals surface area contributed by atoms with Gasteiger partial charge in [0.05, 0.1) is 5.75 Å². The van der Waals surface area contributed by atoms with E-state index in [-0.39, 0.29) is 11.7 Å². The molecule has 2 aromatic rings. The van der Waals surface area contributed by atoms with Crippen molar-refractivity contribution in [1.29, 1.82) is 0 Å². The Morgan fingerprint density at radius 3 is 2.76 bits per heavy atom. The van der Waals surface area contributed by atoms with Crippen LogP contribution in [0.1, 0.15) is 35.7 Å². The number of hydrogen-bond donors (Lipinski definition) is 1. The maximum absolute atomic E-state index is 13.0. The van der Waals surface area contributed by atoms with Crippen molar-refractivity contribution < 1.29 is 13.2 Å². The van der Waals surface area contributed by atoms with Crippen LogP contribution in [-0.2, 0) is 16.4 Å². The van der Waals surface area contributed by atoms with Crippen LogP contribution in [0.3, 0.4) is 0 Å². The number of fused-ring (bicyclic) bond motifs is 1. The van der Waals surface area contributed by atoms with E-state index in [1.165, 1.54) is 5.56 Å². The molecule has 0 saturated carbocycles. The number of nitrogens with zero attached hydrogens (tertiary/aromatic N) is 1. The fraction of sp³-hybridized carbons (Fsp3) is 0.316. The molecule has 0 unspecified atom stereocenters. The lowest BCUT2D eigenvalue weighted by atomic mass is 10.0. The summed E-state index contributed by atoms with van der Waals surface area (Å²) >= 11 is 0. The maximum atomic E-state index is 13.0. The summed E-state index contributed by atoms with van der Waals surface area (Å²) in [6.07, 6.45) is 2.43. The molecule has 25 heavy (non-hydrogen) atoms. The maximum Gasteiger partial charge on any atom is 0.258 e. The molecule has 0 atom stereocenters. The number of carbonyl (C=O) groups excluding carboxylic acids is 1. The van der Waals surface area contributed by atoms with Crippen molar-refractivity contribution in [3.63, 3.8) is 0 Å². The smallest absolute Gasteiger partial charge is 0.258 e. The van der Waals surface area contributed by atoms with Crippen LogP contribution in [-0.4, -0.2) is 26.6 Å². The van der Waals surface area contributed by atoms with Crippen LogP contribution < -0.4 is 9.62 Å². The average molecular weight is 358 g/mol. The third-order valence-electron chi connectivity index (χ3n) is 4.21. The van der Waals surface area contributed by atoms with Crippen molar-refractivity contribution in [3.8, 4) is 0 Å². The lowest BCUT2D eigenvalue weighted by Gasteiger charge is -2.29. The molecular weight excluding hydrogens is 336 g/mol. The minimum atomic E-state index is -3.38. The molecule has 1 aliphatic rings. The second-order valence-electron chi connectivity index (χ2n) is 6.19. The topological polar surface area (TPSA) is 66.5 Å². The standard InChI is InChI=1S/C19H22N2O3S/c1-2-13-25(23,24)20-17-10-5-8-16(14-17)19(22)21-12-6-9-15-7-3-4-11-18(15)21/h3-5,7-8,10-11,14,20H,2,6,9,12-13H2,1H3. The molecule has 1 N–H and O–H groups in total. The number of rotatable bonds is 5. The van der Waals surface area contributed by atoms with Crippen molar-refractivity contribution in [1.82, 2.24) is 0 Å². The second-order valence-corrected chi connectivity index (χ2v) is 8.03. The third kappa shape index (κ3) is 4.02. The van der Waals surface area contributed by atoms with E-state index in [0.29, 0.717) is 24.2 Å². The molecule has 1 heterocycles. The normalized spacial score (nSPS) is 14.0. The summed E-state index contributed by atoms with van der Waals surface area (Å²) in [6, 6.07) is 14.6. The van der Waals surface area contributed by atoms with Crippen LogP contribution in [0, 0.1) is 0 Å². The highest BCUT2D eigenvalue weighted by Crippen LogP contribution is 2.28. The highest BCUT2D eigenvalue weighted by Gasteiger charge is 2.23. The van der Waals surface area contributed by atoms with Gasteiger partial charge in [0.1, 0.15) is 0 Å². The number of anilines is 2. The number of hydrogen-bond acceptors (Lipinski definition) is 3. The van der Waals surface area contributed by atoms with Crippen molar-refractivity contribution in [2.45, 2.75) is 26.2 Å². The molecule has 6 heteroatoms. The summed E-state index contributed by atoms with van der Waals surface area (Å²) in [7, 11) is -3.38. The van der Waals surface area contributed by atoms with Crippen LogP contribution in [0.2, 0.25) is 0 Å². The molecule has 0 aromatic heterocycles. The molecule has 3 rings (SSSR count). The quantitative estimate of drug-likeness (QED) is 0.890. The van der Waals surface area contributed by atoms with E-state index in [1.807, 2.05) is 31.2 Å². The largest absolute Gasteiger partial charge is 0.308 e. The molecule has 0 aliphatic carbocycles. The monoisotopic (exact) mass is 358 g/mol. The van der Waals surface area contributed by atoms with E-state index in [1.54, 1.807) is 29.2 Å². The summed E-state index contributed by atoms with van der Waals surface area (Å²) < 4.78 is 26.4. The van der Waals surface area contributed by atoms with Gasteiger partial charge in [0.2, 0.25) is 10.0 Å². The Kier molecular flexibility index (Phi) is 5.08. The zero-order valence-electron chi connectivity index (χ0n) is 14.2. The molecule has 0 spiro atoms. The van der Waals surface area contributed by atoms with Crippen LogP contribution in [0.25, 0.3) is 0 Å². The van der Waals surface area contributed by atoms with Gasteiger partial charge in [-0.3, -0.25) is 9.52 Å². The Balaban J connectivity index is 1.86. The molecule has 2 aromatic carbocycles. The van der Waals surface area contributed by atoms with E-state index in [2.05, 4.69) is 4.72 Å². The summed E-state index contributed by atoms with van der Waals surface area (Å²) in [5, 5.41) is 0. The van der Waals surface area contributed by atoms with Crippen molar-refractivity contribution >= 4 is 27.3 Å². The van der Waals surface area contributed by atoms with Gasteiger partial charge in [0.25, 0.3) is 5.91 Å². The van der Waals surface area contributed by atoms with E-state index >= 15 is 0 Å². The van der Waals surface area contributed by atoms with Crippen LogP contribution in [0.5, 0.6) is 0 Å². The first-order chi connectivity index (χ1) is 12.0. The van der Waals surface area contributed by atoms with Crippen LogP contribution in [0.4, 0.5) is 11.4 Å². The number of carbonyl (C=O) groups is 1. The highest BCUT2D eigenvalue weighted by atomic mass is 32.2. The number of para-hydroxylation sites is 1. The van der Waals surface area contributed by atoms with Gasteiger partial charge in [0.15, 0.2) is 0 Å². The summed E-state index contributed by atoms with van der Waals surface area (Å²) in [6.45, 7) is 2.48. The van der Waals surface area contributed by atoms with E-state index in [0.717, 1.165) is 18.5 Å². The van der Waals surface area contributed by atoms with Gasteiger partial charge in [-0.05, 0) is 49.1 Å². The molecular formula is C19H22N2O3S. The number of aryl methyl sites for hydroxylation is 1. The summed E-state index contributed by atoms with van der Waals surface area (Å²) in [5.74, 6) is -0.0475. The molecule has 5 nitrogen and oxygen atoms in total. The Morgan fingerprint density at radius 2 is 1.96 bits per heavy atom. The average Bonchev–Trinajstić information content (AvgIpc) is 2.60. The molecule has 132 valence electrons. The zero-order valence-corrected chi connectivity index (χ0v) is 15.1. The molecule has 0 saturated heterocycles. The lowest BCUT2D eigenvalue weighted by Crippen LogP contribution is -2.35. The lowest BCUT2D eigenvalue weighted by molar-refractivity contribution is 0.0985. The molecule has 1 amide bonds. The van der Waals surface area contributed by atoms with Gasteiger partial charge < -0.3 is 4.90 Å². The molecule has 0 bridgehead atoms. The Labute approximate surface area is 148 Å². The third-order valence-corrected chi connectivity index (χ3v) is 5.70. The van der Waals surface area contributed by atoms with Gasteiger partial charge in [0, 0.05) is 23.5 Å². The van der Waals surface area contributed by atoms with E-state index < -0.39 is 10.0 Å². The number of benzene rings is 2. The van der Waals surface area contributed by atoms with Crippen molar-refractivity contribution in [2.75, 3.05) is 21.9 Å². The Morgan fingerprint density at radius 1 is 1.16 bits per heavy atom. The van der Waals surface area contributed by atoms with Crippen LogP contribution >= 0.6 is 0 Å². The number of amides is 1. The Hall–Kier alpha value is -2.34. The van der Waals surface area contributed by atoms with Gasteiger partial charge in [-0.25, -0.2) is 8.42 Å². The summed E-state index contributed by atoms with van der Waals surface area (Å²) in [4.78, 5) is 14.7. The predicted molar refractivity (Wildman–Crippen MR) is 101 cm³/mol. The van der Waals surface area contributed by atoms with Gasteiger partial charge in [-0.2, -0.15) is 0 Å². The minimum absolute atomic E-state index is 0.0602. The first-order valence-electron chi connectivity index (χ1n) is 8.50. The van der Waals surface area contributed by atoms with E-state index in [9.17, 15) is 13.2 Å². The van der Waals surface area contributed by atoms with Crippen LogP contribution in [0.15, 0.2) is 48.5 Å². The summed E-state index contributed by atoms with van der Waals surface area (Å²) in [5.41, 5.74) is 3.01. The number of sulfonamides is 1. The number of nitrogens with one attached hydrogen (secondary N) is 1. The molecule has 1 aliphatic heterocycles. The first kappa shape index (κ1) is 17.5. The predicted octanol–water partition coefficient (Wildman–Crippen LogP) is 3.43. The fourth-order valence-corrected chi connectivity index (χ4v) is 4.24. The van der Waals surface area contributed by atoms with E-state index in [4.69, 9.17) is 0 Å². The fourth-order valence-electron chi connectivity index (χ4n) is 3.12. The second kappa shape index (κ2) is 7.27. The van der Waals surface area contributed by atoms with Crippen molar-refractivity contribution in [2.24, 2.45) is 0 Å². The van der Waals surface area contributed by atoms with Gasteiger partial charge >= 0.3 is 0 Å². The van der Waals surface area contributed by atoms with Gasteiger partial charge in [-0.1, -0.05) is 31.2 Å². The van der Waals surface area contributed by atoms with Gasteiger partial charge in [-0.15, -0.1) is 0 Å². The SMILES string of the molecule is CCCS(=O)(=O)Nc1cccc(C(=O)N2CCCc3ccccc32)c1. The Bertz CT molecular complexity index is 878. The zero-order chi connectivity index (χ0) is 17.9. The first-order valence-corrected chi connectivity index (χ1v) is 10.2. The molecule has 0 fully saturated rings. The minimum Gasteiger partial charge on any atom is -0.308 e. The molecule has 0 radical (unpaired) electrons. The van der Waals surface area contributed by atoms with Crippen molar-refractivity contribution in [3.05, 3.63) is 59.7 Å². The highest BCUT2D eigenvalue weighted by molar-refractivity contribution is 7.92.